The summed E-state index contributed by atoms with van der Waals surface area (Å²) in [6.07, 6.45) is 0.534. The smallest absolute Gasteiger partial charge is 0.317 e. The van der Waals surface area contributed by atoms with Crippen LogP contribution in [0.25, 0.3) is 0 Å². The second-order valence-corrected chi connectivity index (χ2v) is 6.73. The number of carbonyl (C=O) groups excluding carboxylic acids is 3. The van der Waals surface area contributed by atoms with Crippen molar-refractivity contribution in [1.82, 2.24) is 0 Å². The molecule has 1 rings (SSSR count). The number of thioether (sulfide) groups is 1. The van der Waals surface area contributed by atoms with E-state index >= 15 is 0 Å². The number of ketones is 2. The second-order valence-electron chi connectivity index (χ2n) is 5.57. The predicted molar refractivity (Wildman–Crippen MR) is 79.9 cm³/mol. The van der Waals surface area contributed by atoms with Gasteiger partial charge in [-0.15, -0.1) is 0 Å². The molecule has 0 saturated carbocycles. The summed E-state index contributed by atoms with van der Waals surface area (Å²) in [6, 6.07) is 0. The highest BCUT2D eigenvalue weighted by Gasteiger charge is 2.49. The van der Waals surface area contributed by atoms with E-state index in [4.69, 9.17) is 15.9 Å². The summed E-state index contributed by atoms with van der Waals surface area (Å²) in [5.41, 5.74) is 4.86. The Morgan fingerprint density at radius 1 is 1.48 bits per heavy atom. The van der Waals surface area contributed by atoms with Crippen molar-refractivity contribution < 1.29 is 24.5 Å². The lowest BCUT2D eigenvalue weighted by molar-refractivity contribution is -0.153. The van der Waals surface area contributed by atoms with Crippen LogP contribution in [0.3, 0.4) is 0 Å². The van der Waals surface area contributed by atoms with Gasteiger partial charge in [0.25, 0.3) is 0 Å². The average Bonchev–Trinajstić information content (AvgIpc) is 2.35. The molecule has 0 amide bonds. The molecule has 7 heteroatoms. The Balaban J connectivity index is 3.42. The van der Waals surface area contributed by atoms with Crippen molar-refractivity contribution in [2.45, 2.75) is 33.6 Å². The van der Waals surface area contributed by atoms with E-state index in [1.54, 1.807) is 20.8 Å². The van der Waals surface area contributed by atoms with Crippen molar-refractivity contribution >= 4 is 34.5 Å². The quantitative estimate of drug-likeness (QED) is 0.245. The van der Waals surface area contributed by atoms with E-state index in [0.717, 1.165) is 11.8 Å². The van der Waals surface area contributed by atoms with E-state index in [0.29, 0.717) is 11.3 Å². The molecule has 0 bridgehead atoms. The third-order valence-corrected chi connectivity index (χ3v) is 4.29. The fourth-order valence-electron chi connectivity index (χ4n) is 2.48. The van der Waals surface area contributed by atoms with E-state index in [-0.39, 0.29) is 22.9 Å². The van der Waals surface area contributed by atoms with E-state index in [9.17, 15) is 14.4 Å². The van der Waals surface area contributed by atoms with Crippen molar-refractivity contribution in [3.8, 4) is 0 Å². The topological polar surface area (TPSA) is 112 Å². The Morgan fingerprint density at radius 3 is 2.48 bits per heavy atom. The molecule has 1 atom stereocenters. The lowest BCUT2D eigenvalue weighted by Gasteiger charge is -2.36. The highest BCUT2D eigenvalue weighted by molar-refractivity contribution is 8.16. The van der Waals surface area contributed by atoms with Crippen molar-refractivity contribution in [1.29, 1.82) is 0 Å². The first-order valence-electron chi connectivity index (χ1n) is 6.59. The van der Waals surface area contributed by atoms with Crippen LogP contribution in [-0.4, -0.2) is 29.8 Å². The molecular formula is C14H21N2O4S+. The van der Waals surface area contributed by atoms with E-state index in [1.807, 2.05) is 0 Å². The fraction of sp³-hybridized carbons (Fsp3) is 0.571. The molecule has 0 heterocycles. The molecule has 6 nitrogen and oxygen atoms in total. The number of methoxy groups -OCH3 is 1. The first-order chi connectivity index (χ1) is 9.65. The predicted octanol–water partition coefficient (Wildman–Crippen LogP) is -0.185. The summed E-state index contributed by atoms with van der Waals surface area (Å²) in [5.74, 6) is -2.43. The number of hydrogen-bond acceptors (Lipinski definition) is 5. The molecule has 0 fully saturated rings. The molecule has 0 radical (unpaired) electrons. The van der Waals surface area contributed by atoms with Gasteiger partial charge in [-0.25, -0.2) is 0 Å². The SMILES string of the molecule is CCC(=O)C1=C(SC(N)=[NH2+])CC(C)(C)C(C(=O)OC)C1=O. The summed E-state index contributed by atoms with van der Waals surface area (Å²) in [4.78, 5) is 37.2. The number of esters is 1. The van der Waals surface area contributed by atoms with Crippen LogP contribution in [-0.2, 0) is 19.1 Å². The third-order valence-electron chi connectivity index (χ3n) is 3.46. The van der Waals surface area contributed by atoms with Crippen molar-refractivity contribution in [2.75, 3.05) is 7.11 Å². The summed E-state index contributed by atoms with van der Waals surface area (Å²) >= 11 is 1.01. The maximum Gasteiger partial charge on any atom is 0.317 e. The minimum absolute atomic E-state index is 0.0330. The Morgan fingerprint density at radius 2 is 2.05 bits per heavy atom. The third kappa shape index (κ3) is 3.53. The number of ether oxygens (including phenoxy) is 1. The van der Waals surface area contributed by atoms with E-state index in [2.05, 4.69) is 0 Å². The van der Waals surface area contributed by atoms with Crippen LogP contribution < -0.4 is 11.1 Å². The normalized spacial score (nSPS) is 21.1. The molecule has 1 unspecified atom stereocenters. The Kier molecular flexibility index (Phi) is 5.33. The Bertz CT molecular complexity index is 537. The number of allylic oxidation sites excluding steroid dienone is 2. The first-order valence-corrected chi connectivity index (χ1v) is 7.41. The minimum atomic E-state index is -0.989. The molecule has 4 N–H and O–H groups in total. The van der Waals surface area contributed by atoms with Crippen LogP contribution in [0, 0.1) is 11.3 Å². The van der Waals surface area contributed by atoms with Gasteiger partial charge >= 0.3 is 11.1 Å². The molecule has 0 spiro atoms. The van der Waals surface area contributed by atoms with Gasteiger partial charge in [-0.2, -0.15) is 0 Å². The lowest BCUT2D eigenvalue weighted by Crippen LogP contribution is -2.46. The molecule has 0 aromatic heterocycles. The van der Waals surface area contributed by atoms with Gasteiger partial charge < -0.3 is 4.74 Å². The van der Waals surface area contributed by atoms with Gasteiger partial charge in [-0.05, 0) is 23.6 Å². The summed E-state index contributed by atoms with van der Waals surface area (Å²) in [7, 11) is 1.23. The number of hydrogen-bond donors (Lipinski definition) is 2. The van der Waals surface area contributed by atoms with Crippen LogP contribution >= 0.6 is 11.8 Å². The monoisotopic (exact) mass is 313 g/mol. The first kappa shape index (κ1) is 17.4. The molecule has 0 aromatic carbocycles. The highest BCUT2D eigenvalue weighted by Crippen LogP contribution is 2.45. The molecule has 21 heavy (non-hydrogen) atoms. The minimum Gasteiger partial charge on any atom is -0.468 e. The largest absolute Gasteiger partial charge is 0.468 e. The molecule has 116 valence electrons. The number of rotatable bonds is 4. The van der Waals surface area contributed by atoms with Crippen LogP contribution in [0.1, 0.15) is 33.6 Å². The summed E-state index contributed by atoms with van der Waals surface area (Å²) < 4.78 is 4.72. The number of amidine groups is 1. The Labute approximate surface area is 128 Å². The summed E-state index contributed by atoms with van der Waals surface area (Å²) in [6.45, 7) is 5.23. The number of carbonyl (C=O) groups is 3. The van der Waals surface area contributed by atoms with Crippen LogP contribution in [0.2, 0.25) is 0 Å². The zero-order chi connectivity index (χ0) is 16.4. The molecule has 1 aliphatic rings. The average molecular weight is 313 g/mol. The standard InChI is InChI=1S/C14H20N2O4S/c1-5-7(17)9-8(21-13(15)16)6-14(2,3)10(11(9)18)12(19)20-4/h10H,5-6H2,1-4H3,(H3,15,16)/p+1. The molecule has 0 saturated heterocycles. The van der Waals surface area contributed by atoms with Gasteiger partial charge in [0.1, 0.15) is 5.92 Å². The zero-order valence-corrected chi connectivity index (χ0v) is 13.5. The van der Waals surface area contributed by atoms with Crippen LogP contribution in [0.15, 0.2) is 10.5 Å². The summed E-state index contributed by atoms with van der Waals surface area (Å²) in [5, 5.41) is 5.55. The molecular weight excluding hydrogens is 292 g/mol. The van der Waals surface area contributed by atoms with Gasteiger partial charge in [0.05, 0.1) is 12.7 Å². The second kappa shape index (κ2) is 6.43. The van der Waals surface area contributed by atoms with Gasteiger partial charge in [0.15, 0.2) is 11.6 Å². The fourth-order valence-corrected chi connectivity index (χ4v) is 3.53. The maximum atomic E-state index is 12.6. The van der Waals surface area contributed by atoms with Gasteiger partial charge in [0.2, 0.25) is 0 Å². The molecule has 0 aromatic rings. The zero-order valence-electron chi connectivity index (χ0n) is 12.7. The van der Waals surface area contributed by atoms with E-state index in [1.165, 1.54) is 7.11 Å². The number of nitrogens with two attached hydrogens (primary N) is 2. The van der Waals surface area contributed by atoms with Gasteiger partial charge in [-0.1, -0.05) is 20.8 Å². The van der Waals surface area contributed by atoms with Crippen molar-refractivity contribution in [3.05, 3.63) is 10.5 Å². The van der Waals surface area contributed by atoms with Crippen LogP contribution in [0.4, 0.5) is 0 Å². The van der Waals surface area contributed by atoms with E-state index < -0.39 is 23.1 Å². The van der Waals surface area contributed by atoms with Crippen molar-refractivity contribution in [2.24, 2.45) is 17.1 Å². The van der Waals surface area contributed by atoms with Gasteiger partial charge in [0, 0.05) is 11.3 Å². The maximum absolute atomic E-state index is 12.6. The Hall–Kier alpha value is -1.63. The van der Waals surface area contributed by atoms with Crippen molar-refractivity contribution in [3.63, 3.8) is 0 Å². The van der Waals surface area contributed by atoms with Crippen LogP contribution in [0.5, 0.6) is 0 Å². The molecule has 1 aliphatic carbocycles. The van der Waals surface area contributed by atoms with Gasteiger partial charge in [-0.3, -0.25) is 25.5 Å². The number of Topliss-reactive ketones (excluding diaryl/α,β-unsaturated/α-hetero) is 2. The lowest BCUT2D eigenvalue weighted by atomic mass is 9.68. The molecule has 0 aliphatic heterocycles. The highest BCUT2D eigenvalue weighted by atomic mass is 32.2.